The molecule has 5 heteroatoms. The molecule has 1 aromatic carbocycles. The van der Waals surface area contributed by atoms with Crippen LogP contribution in [-0.4, -0.2) is 5.11 Å². The molecule has 0 saturated carbocycles. The van der Waals surface area contributed by atoms with E-state index in [0.29, 0.717) is 5.56 Å². The van der Waals surface area contributed by atoms with Gasteiger partial charge in [-0.05, 0) is 36.8 Å². The van der Waals surface area contributed by atoms with E-state index in [9.17, 15) is 8.78 Å². The predicted molar refractivity (Wildman–Crippen MR) is 62.0 cm³/mol. The van der Waals surface area contributed by atoms with Crippen LogP contribution in [-0.2, 0) is 6.54 Å². The Morgan fingerprint density at radius 2 is 2.00 bits per heavy atom. The zero-order chi connectivity index (χ0) is 13.1. The van der Waals surface area contributed by atoms with E-state index in [4.69, 9.17) is 9.52 Å². The average molecular weight is 253 g/mol. The fourth-order valence-electron chi connectivity index (χ4n) is 1.63. The van der Waals surface area contributed by atoms with Gasteiger partial charge in [-0.25, -0.2) is 8.78 Å². The van der Waals surface area contributed by atoms with Gasteiger partial charge in [0.15, 0.2) is 17.4 Å². The maximum Gasteiger partial charge on any atom is 0.187 e. The summed E-state index contributed by atoms with van der Waals surface area (Å²) < 4.78 is 31.4. The molecule has 2 aromatic rings. The lowest BCUT2D eigenvalue weighted by molar-refractivity contribution is 0.393. The Morgan fingerprint density at radius 3 is 2.56 bits per heavy atom. The van der Waals surface area contributed by atoms with E-state index in [1.54, 1.807) is 12.3 Å². The molecule has 3 nitrogen and oxygen atoms in total. The Balaban J connectivity index is 2.02. The van der Waals surface area contributed by atoms with Crippen molar-refractivity contribution in [3.8, 4) is 5.75 Å². The highest BCUT2D eigenvalue weighted by Gasteiger charge is 2.11. The van der Waals surface area contributed by atoms with Crippen molar-refractivity contribution in [2.24, 2.45) is 0 Å². The van der Waals surface area contributed by atoms with E-state index in [1.807, 2.05) is 13.0 Å². The van der Waals surface area contributed by atoms with E-state index in [0.717, 1.165) is 17.9 Å². The summed E-state index contributed by atoms with van der Waals surface area (Å²) in [5.41, 5.74) is 0.418. The molecule has 0 fully saturated rings. The first-order valence-corrected chi connectivity index (χ1v) is 5.51. The molecule has 0 amide bonds. The summed E-state index contributed by atoms with van der Waals surface area (Å²) in [4.78, 5) is 0. The summed E-state index contributed by atoms with van der Waals surface area (Å²) in [5, 5.41) is 12.0. The first kappa shape index (κ1) is 12.6. The lowest BCUT2D eigenvalue weighted by Gasteiger charge is -2.11. The number of hydrogen-bond acceptors (Lipinski definition) is 3. The van der Waals surface area contributed by atoms with Gasteiger partial charge in [0.1, 0.15) is 5.76 Å². The first-order valence-electron chi connectivity index (χ1n) is 5.51. The molecule has 1 aromatic heterocycles. The molecular weight excluding hydrogens is 240 g/mol. The number of hydrogen-bond donors (Lipinski definition) is 2. The Labute approximate surface area is 103 Å². The number of phenolic OH excluding ortho intramolecular Hbond substituents is 1. The second-order valence-electron chi connectivity index (χ2n) is 4.03. The van der Waals surface area contributed by atoms with Crippen molar-refractivity contribution in [3.63, 3.8) is 0 Å². The van der Waals surface area contributed by atoms with E-state index in [2.05, 4.69) is 5.32 Å². The molecule has 0 bridgehead atoms. The van der Waals surface area contributed by atoms with Crippen LogP contribution in [0, 0.1) is 11.6 Å². The fourth-order valence-corrected chi connectivity index (χ4v) is 1.63. The van der Waals surface area contributed by atoms with Gasteiger partial charge in [0.2, 0.25) is 0 Å². The average Bonchev–Trinajstić information content (AvgIpc) is 2.86. The molecule has 18 heavy (non-hydrogen) atoms. The number of aromatic hydroxyl groups is 1. The monoisotopic (exact) mass is 253 g/mol. The van der Waals surface area contributed by atoms with Crippen LogP contribution in [0.4, 0.5) is 8.78 Å². The number of furan rings is 1. The molecule has 96 valence electrons. The van der Waals surface area contributed by atoms with E-state index < -0.39 is 17.4 Å². The quantitative estimate of drug-likeness (QED) is 0.880. The topological polar surface area (TPSA) is 45.4 Å². The van der Waals surface area contributed by atoms with E-state index in [1.165, 1.54) is 0 Å². The van der Waals surface area contributed by atoms with Crippen LogP contribution in [0.1, 0.15) is 24.3 Å². The number of nitrogens with one attached hydrogen (secondary N) is 1. The third-order valence-corrected chi connectivity index (χ3v) is 2.66. The molecule has 1 atom stereocenters. The van der Waals surface area contributed by atoms with Crippen molar-refractivity contribution >= 4 is 0 Å². The smallest absolute Gasteiger partial charge is 0.187 e. The molecule has 0 aliphatic heterocycles. The molecular formula is C13H13F2NO2. The molecule has 1 heterocycles. The van der Waals surface area contributed by atoms with Gasteiger partial charge in [0.25, 0.3) is 0 Å². The standard InChI is InChI=1S/C13H13F2NO2/c1-8(12-3-2-4-18-12)16-7-9-5-10(14)13(17)11(15)6-9/h2-6,8,16-17H,7H2,1H3/t8-/m0/s1. The third kappa shape index (κ3) is 2.68. The highest BCUT2D eigenvalue weighted by Crippen LogP contribution is 2.22. The number of phenols is 1. The van der Waals surface area contributed by atoms with Gasteiger partial charge in [0, 0.05) is 6.54 Å². The van der Waals surface area contributed by atoms with Crippen molar-refractivity contribution < 1.29 is 18.3 Å². The van der Waals surface area contributed by atoms with Gasteiger partial charge < -0.3 is 14.8 Å². The molecule has 2 rings (SSSR count). The summed E-state index contributed by atoms with van der Waals surface area (Å²) in [5.74, 6) is -2.12. The Bertz CT molecular complexity index is 503. The van der Waals surface area contributed by atoms with Gasteiger partial charge >= 0.3 is 0 Å². The molecule has 0 spiro atoms. The van der Waals surface area contributed by atoms with Crippen LogP contribution in [0.2, 0.25) is 0 Å². The first-order chi connectivity index (χ1) is 8.58. The predicted octanol–water partition coefficient (Wildman–Crippen LogP) is 3.11. The maximum absolute atomic E-state index is 13.1. The van der Waals surface area contributed by atoms with Crippen LogP contribution in [0.5, 0.6) is 5.75 Å². The van der Waals surface area contributed by atoms with Gasteiger partial charge in [-0.2, -0.15) is 0 Å². The van der Waals surface area contributed by atoms with Crippen molar-refractivity contribution in [1.82, 2.24) is 5.32 Å². The SMILES string of the molecule is C[C@H](NCc1cc(F)c(O)c(F)c1)c1ccco1. The lowest BCUT2D eigenvalue weighted by Crippen LogP contribution is -2.17. The molecule has 0 unspecified atom stereocenters. The molecule has 0 aliphatic carbocycles. The van der Waals surface area contributed by atoms with Crippen LogP contribution in [0.25, 0.3) is 0 Å². The van der Waals surface area contributed by atoms with Crippen LogP contribution in [0.15, 0.2) is 34.9 Å². The largest absolute Gasteiger partial charge is 0.503 e. The highest BCUT2D eigenvalue weighted by molar-refractivity contribution is 5.30. The van der Waals surface area contributed by atoms with Crippen molar-refractivity contribution in [1.29, 1.82) is 0 Å². The summed E-state index contributed by atoms with van der Waals surface area (Å²) in [6, 6.07) is 5.71. The van der Waals surface area contributed by atoms with E-state index >= 15 is 0 Å². The van der Waals surface area contributed by atoms with Crippen molar-refractivity contribution in [3.05, 3.63) is 53.5 Å². The Morgan fingerprint density at radius 1 is 1.33 bits per heavy atom. The van der Waals surface area contributed by atoms with Gasteiger partial charge in [0.05, 0.1) is 12.3 Å². The van der Waals surface area contributed by atoms with Gasteiger partial charge in [-0.3, -0.25) is 0 Å². The van der Waals surface area contributed by atoms with Gasteiger partial charge in [-0.1, -0.05) is 0 Å². The lowest BCUT2D eigenvalue weighted by atomic mass is 10.1. The molecule has 0 aliphatic rings. The van der Waals surface area contributed by atoms with Crippen molar-refractivity contribution in [2.75, 3.05) is 0 Å². The summed E-state index contributed by atoms with van der Waals surface area (Å²) in [6.45, 7) is 2.15. The zero-order valence-electron chi connectivity index (χ0n) is 9.78. The van der Waals surface area contributed by atoms with Crippen LogP contribution >= 0.6 is 0 Å². The molecule has 0 radical (unpaired) electrons. The minimum absolute atomic E-state index is 0.0695. The molecule has 2 N–H and O–H groups in total. The minimum atomic E-state index is -0.961. The summed E-state index contributed by atoms with van der Waals surface area (Å²) in [7, 11) is 0. The fraction of sp³-hybridized carbons (Fsp3) is 0.231. The second-order valence-corrected chi connectivity index (χ2v) is 4.03. The Kier molecular flexibility index (Phi) is 3.62. The maximum atomic E-state index is 13.1. The van der Waals surface area contributed by atoms with Gasteiger partial charge in [-0.15, -0.1) is 0 Å². The Hall–Kier alpha value is -1.88. The highest BCUT2D eigenvalue weighted by atomic mass is 19.1. The minimum Gasteiger partial charge on any atom is -0.503 e. The number of benzene rings is 1. The second kappa shape index (κ2) is 5.18. The van der Waals surface area contributed by atoms with Crippen molar-refractivity contribution in [2.45, 2.75) is 19.5 Å². The van der Waals surface area contributed by atoms with E-state index in [-0.39, 0.29) is 12.6 Å². The normalized spacial score (nSPS) is 12.6. The summed E-state index contributed by atoms with van der Waals surface area (Å²) in [6.07, 6.45) is 1.56. The van der Waals surface area contributed by atoms with Crippen LogP contribution < -0.4 is 5.32 Å². The number of halogens is 2. The zero-order valence-corrected chi connectivity index (χ0v) is 9.78. The van der Waals surface area contributed by atoms with Crippen LogP contribution in [0.3, 0.4) is 0 Å². The molecule has 0 saturated heterocycles. The number of rotatable bonds is 4. The third-order valence-electron chi connectivity index (χ3n) is 2.66. The summed E-state index contributed by atoms with van der Waals surface area (Å²) >= 11 is 0.